The molecule has 0 aliphatic carbocycles. The van der Waals surface area contributed by atoms with E-state index in [1.807, 2.05) is 12.4 Å². The first kappa shape index (κ1) is 14.5. The second-order valence-electron chi connectivity index (χ2n) is 6.29. The summed E-state index contributed by atoms with van der Waals surface area (Å²) in [5.74, 6) is 0.742. The highest BCUT2D eigenvalue weighted by molar-refractivity contribution is 5.09. The summed E-state index contributed by atoms with van der Waals surface area (Å²) in [6, 6.07) is 4.23. The fraction of sp³-hybridized carbons (Fsp3) is 0.688. The predicted octanol–water partition coefficient (Wildman–Crippen LogP) is 2.19. The Hall–Kier alpha value is -0.930. The van der Waals surface area contributed by atoms with Crippen molar-refractivity contribution in [1.82, 2.24) is 15.2 Å². The lowest BCUT2D eigenvalue weighted by molar-refractivity contribution is 0.137. The average molecular weight is 261 g/mol. The van der Waals surface area contributed by atoms with Gasteiger partial charge in [-0.1, -0.05) is 13.8 Å². The van der Waals surface area contributed by atoms with E-state index in [0.29, 0.717) is 5.41 Å². The van der Waals surface area contributed by atoms with Crippen LogP contribution in [0.15, 0.2) is 24.5 Å². The molecule has 0 aromatic carbocycles. The molecule has 106 valence electrons. The minimum atomic E-state index is 0.465. The third-order valence-corrected chi connectivity index (χ3v) is 4.62. The van der Waals surface area contributed by atoms with Crippen molar-refractivity contribution < 1.29 is 0 Å². The molecule has 0 radical (unpaired) electrons. The van der Waals surface area contributed by atoms with Gasteiger partial charge in [0.15, 0.2) is 0 Å². The van der Waals surface area contributed by atoms with Crippen LogP contribution in [0.5, 0.6) is 0 Å². The molecule has 0 bridgehead atoms. The Morgan fingerprint density at radius 3 is 2.68 bits per heavy atom. The van der Waals surface area contributed by atoms with Crippen LogP contribution in [0.4, 0.5) is 0 Å². The maximum Gasteiger partial charge on any atom is 0.0270 e. The van der Waals surface area contributed by atoms with Crippen molar-refractivity contribution in [1.29, 1.82) is 0 Å². The van der Waals surface area contributed by atoms with E-state index in [2.05, 4.69) is 48.2 Å². The fourth-order valence-corrected chi connectivity index (χ4v) is 3.06. The SMILES string of the molecule is CC(C)C1(CN(C)CCc2ccncc2)CCNC1. The highest BCUT2D eigenvalue weighted by atomic mass is 15.1. The van der Waals surface area contributed by atoms with Crippen molar-refractivity contribution in [2.24, 2.45) is 11.3 Å². The van der Waals surface area contributed by atoms with Crippen LogP contribution >= 0.6 is 0 Å². The Morgan fingerprint density at radius 1 is 1.37 bits per heavy atom. The summed E-state index contributed by atoms with van der Waals surface area (Å²) < 4.78 is 0. The molecule has 1 fully saturated rings. The Bertz CT molecular complexity index is 369. The third-order valence-electron chi connectivity index (χ3n) is 4.62. The summed E-state index contributed by atoms with van der Waals surface area (Å²) in [4.78, 5) is 6.56. The van der Waals surface area contributed by atoms with Crippen LogP contribution in [-0.4, -0.2) is 43.1 Å². The second kappa shape index (κ2) is 6.49. The molecule has 0 saturated carbocycles. The molecular formula is C16H27N3. The molecule has 3 nitrogen and oxygen atoms in total. The molecular weight excluding hydrogens is 234 g/mol. The van der Waals surface area contributed by atoms with Gasteiger partial charge in [0, 0.05) is 32.0 Å². The van der Waals surface area contributed by atoms with Crippen LogP contribution in [0.3, 0.4) is 0 Å². The van der Waals surface area contributed by atoms with Crippen LogP contribution in [-0.2, 0) is 6.42 Å². The molecule has 1 aromatic rings. The predicted molar refractivity (Wildman–Crippen MR) is 80.2 cm³/mol. The Balaban J connectivity index is 1.85. The van der Waals surface area contributed by atoms with E-state index in [-0.39, 0.29) is 0 Å². The summed E-state index contributed by atoms with van der Waals surface area (Å²) in [5.41, 5.74) is 1.84. The van der Waals surface area contributed by atoms with Gasteiger partial charge >= 0.3 is 0 Å². The topological polar surface area (TPSA) is 28.2 Å². The molecule has 0 spiro atoms. The first-order chi connectivity index (χ1) is 9.12. The van der Waals surface area contributed by atoms with Gasteiger partial charge in [-0.2, -0.15) is 0 Å². The normalized spacial score (nSPS) is 23.4. The summed E-state index contributed by atoms with van der Waals surface area (Å²) in [5, 5.41) is 3.54. The highest BCUT2D eigenvalue weighted by Gasteiger charge is 2.37. The molecule has 2 rings (SSSR count). The van der Waals surface area contributed by atoms with Gasteiger partial charge in [-0.25, -0.2) is 0 Å². The summed E-state index contributed by atoms with van der Waals surface area (Å²) in [6.45, 7) is 9.40. The van der Waals surface area contributed by atoms with Crippen molar-refractivity contribution in [2.45, 2.75) is 26.7 Å². The van der Waals surface area contributed by atoms with Crippen LogP contribution in [0, 0.1) is 11.3 Å². The minimum absolute atomic E-state index is 0.465. The molecule has 0 amide bonds. The molecule has 1 aliphatic heterocycles. The molecule has 1 unspecified atom stereocenters. The van der Waals surface area contributed by atoms with E-state index >= 15 is 0 Å². The molecule has 1 atom stereocenters. The summed E-state index contributed by atoms with van der Waals surface area (Å²) in [7, 11) is 2.25. The average Bonchev–Trinajstić information content (AvgIpc) is 2.87. The zero-order valence-electron chi connectivity index (χ0n) is 12.5. The summed E-state index contributed by atoms with van der Waals surface area (Å²) in [6.07, 6.45) is 6.18. The van der Waals surface area contributed by atoms with E-state index in [9.17, 15) is 0 Å². The van der Waals surface area contributed by atoms with Crippen molar-refractivity contribution in [3.63, 3.8) is 0 Å². The van der Waals surface area contributed by atoms with Gasteiger partial charge in [-0.3, -0.25) is 4.98 Å². The Labute approximate surface area is 117 Å². The number of hydrogen-bond donors (Lipinski definition) is 1. The first-order valence-electron chi connectivity index (χ1n) is 7.40. The number of nitrogens with one attached hydrogen (secondary N) is 1. The molecule has 1 aromatic heterocycles. The first-order valence-corrected chi connectivity index (χ1v) is 7.40. The van der Waals surface area contributed by atoms with Gasteiger partial charge in [0.25, 0.3) is 0 Å². The van der Waals surface area contributed by atoms with Crippen LogP contribution in [0.25, 0.3) is 0 Å². The molecule has 1 N–H and O–H groups in total. The highest BCUT2D eigenvalue weighted by Crippen LogP contribution is 2.34. The standard InChI is InChI=1S/C16H27N3/c1-14(2)16(7-10-18-12-16)13-19(3)11-6-15-4-8-17-9-5-15/h4-5,8-9,14,18H,6-7,10-13H2,1-3H3. The monoisotopic (exact) mass is 261 g/mol. The van der Waals surface area contributed by atoms with Crippen LogP contribution < -0.4 is 5.32 Å². The second-order valence-corrected chi connectivity index (χ2v) is 6.29. The van der Waals surface area contributed by atoms with E-state index in [1.165, 1.54) is 31.6 Å². The van der Waals surface area contributed by atoms with Crippen LogP contribution in [0.1, 0.15) is 25.8 Å². The number of nitrogens with zero attached hydrogens (tertiary/aromatic N) is 2. The molecule has 19 heavy (non-hydrogen) atoms. The van der Waals surface area contributed by atoms with Gasteiger partial charge in [0.1, 0.15) is 0 Å². The largest absolute Gasteiger partial charge is 0.316 e. The fourth-order valence-electron chi connectivity index (χ4n) is 3.06. The molecule has 1 aliphatic rings. The number of pyridine rings is 1. The van der Waals surface area contributed by atoms with Gasteiger partial charge in [0.2, 0.25) is 0 Å². The zero-order valence-corrected chi connectivity index (χ0v) is 12.5. The molecule has 3 heteroatoms. The maximum absolute atomic E-state index is 4.07. The van der Waals surface area contributed by atoms with E-state index in [4.69, 9.17) is 0 Å². The van der Waals surface area contributed by atoms with Crippen molar-refractivity contribution >= 4 is 0 Å². The van der Waals surface area contributed by atoms with Gasteiger partial charge < -0.3 is 10.2 Å². The minimum Gasteiger partial charge on any atom is -0.316 e. The smallest absolute Gasteiger partial charge is 0.0270 e. The number of hydrogen-bond acceptors (Lipinski definition) is 3. The van der Waals surface area contributed by atoms with Crippen molar-refractivity contribution in [3.05, 3.63) is 30.1 Å². The van der Waals surface area contributed by atoms with E-state index in [1.54, 1.807) is 0 Å². The van der Waals surface area contributed by atoms with Gasteiger partial charge in [-0.05, 0) is 55.5 Å². The van der Waals surface area contributed by atoms with Crippen LogP contribution in [0.2, 0.25) is 0 Å². The van der Waals surface area contributed by atoms with E-state index < -0.39 is 0 Å². The number of rotatable bonds is 6. The van der Waals surface area contributed by atoms with Crippen molar-refractivity contribution in [3.8, 4) is 0 Å². The number of aromatic nitrogens is 1. The molecule has 2 heterocycles. The summed E-state index contributed by atoms with van der Waals surface area (Å²) >= 11 is 0. The zero-order chi connectivity index (χ0) is 13.7. The van der Waals surface area contributed by atoms with Crippen molar-refractivity contribution in [2.75, 3.05) is 33.2 Å². The van der Waals surface area contributed by atoms with Gasteiger partial charge in [-0.15, -0.1) is 0 Å². The lowest BCUT2D eigenvalue weighted by Gasteiger charge is -2.36. The third kappa shape index (κ3) is 3.77. The quantitative estimate of drug-likeness (QED) is 0.851. The maximum atomic E-state index is 4.07. The Kier molecular flexibility index (Phi) is 4.94. The lowest BCUT2D eigenvalue weighted by Crippen LogP contribution is -2.41. The lowest BCUT2D eigenvalue weighted by atomic mass is 9.76. The molecule has 1 saturated heterocycles. The van der Waals surface area contributed by atoms with E-state index in [0.717, 1.165) is 18.9 Å². The Morgan fingerprint density at radius 2 is 2.11 bits per heavy atom. The van der Waals surface area contributed by atoms with Gasteiger partial charge in [0.05, 0.1) is 0 Å². The number of likely N-dealkylation sites (N-methyl/N-ethyl adjacent to an activating group) is 1.